The first-order valence-electron chi connectivity index (χ1n) is 7.78. The zero-order valence-corrected chi connectivity index (χ0v) is 14.9. The number of hydrogen-bond acceptors (Lipinski definition) is 4. The minimum absolute atomic E-state index is 0.341. The second-order valence-electron chi connectivity index (χ2n) is 5.80. The molecule has 1 fully saturated rings. The SMILES string of the molecule is CC(C)c1ccc(S(=O)(=O)NCCSC2CCOCC2)cc1. The topological polar surface area (TPSA) is 55.4 Å². The van der Waals surface area contributed by atoms with Gasteiger partial charge in [-0.15, -0.1) is 0 Å². The molecule has 0 spiro atoms. The van der Waals surface area contributed by atoms with Crippen molar-refractivity contribution in [1.29, 1.82) is 0 Å². The second kappa shape index (κ2) is 8.34. The van der Waals surface area contributed by atoms with Gasteiger partial charge in [0.25, 0.3) is 0 Å². The molecule has 0 saturated carbocycles. The lowest BCUT2D eigenvalue weighted by atomic mass is 10.0. The fourth-order valence-electron chi connectivity index (χ4n) is 2.36. The van der Waals surface area contributed by atoms with E-state index in [1.54, 1.807) is 12.1 Å². The van der Waals surface area contributed by atoms with Gasteiger partial charge in [-0.1, -0.05) is 26.0 Å². The molecule has 4 nitrogen and oxygen atoms in total. The normalized spacial score (nSPS) is 17.0. The van der Waals surface area contributed by atoms with E-state index in [4.69, 9.17) is 4.74 Å². The third kappa shape index (κ3) is 5.26. The zero-order chi connectivity index (χ0) is 16.0. The minimum Gasteiger partial charge on any atom is -0.381 e. The van der Waals surface area contributed by atoms with Gasteiger partial charge in [0.1, 0.15) is 0 Å². The first-order valence-corrected chi connectivity index (χ1v) is 10.3. The van der Waals surface area contributed by atoms with Gasteiger partial charge in [0.2, 0.25) is 10.0 Å². The van der Waals surface area contributed by atoms with Gasteiger partial charge in [0, 0.05) is 30.8 Å². The van der Waals surface area contributed by atoms with E-state index in [0.717, 1.165) is 37.4 Å². The van der Waals surface area contributed by atoms with Crippen LogP contribution in [0.5, 0.6) is 0 Å². The van der Waals surface area contributed by atoms with Crippen LogP contribution in [0, 0.1) is 0 Å². The third-order valence-corrected chi connectivity index (χ3v) is 6.63. The standard InChI is InChI=1S/C16H25NO3S2/c1-13(2)14-3-5-16(6-4-14)22(18,19)17-9-12-21-15-7-10-20-11-8-15/h3-6,13,15,17H,7-12H2,1-2H3. The molecule has 1 aliphatic rings. The summed E-state index contributed by atoms with van der Waals surface area (Å²) < 4.78 is 32.5. The summed E-state index contributed by atoms with van der Waals surface area (Å²) in [6.07, 6.45) is 2.13. The Balaban J connectivity index is 1.80. The molecule has 2 rings (SSSR count). The van der Waals surface area contributed by atoms with E-state index in [2.05, 4.69) is 18.6 Å². The summed E-state index contributed by atoms with van der Waals surface area (Å²) in [5.41, 5.74) is 1.15. The predicted octanol–water partition coefficient (Wildman–Crippen LogP) is 3.00. The highest BCUT2D eigenvalue weighted by Gasteiger charge is 2.16. The van der Waals surface area contributed by atoms with E-state index in [-0.39, 0.29) is 0 Å². The summed E-state index contributed by atoms with van der Waals surface area (Å²) in [7, 11) is -3.39. The molecular weight excluding hydrogens is 318 g/mol. The summed E-state index contributed by atoms with van der Waals surface area (Å²) in [4.78, 5) is 0.341. The quantitative estimate of drug-likeness (QED) is 0.773. The average Bonchev–Trinajstić information content (AvgIpc) is 2.53. The summed E-state index contributed by atoms with van der Waals surface area (Å²) in [6.45, 7) is 6.30. The van der Waals surface area contributed by atoms with Crippen molar-refractivity contribution in [1.82, 2.24) is 4.72 Å². The lowest BCUT2D eigenvalue weighted by molar-refractivity contribution is 0.100. The molecule has 6 heteroatoms. The van der Waals surface area contributed by atoms with Gasteiger partial charge in [0.15, 0.2) is 0 Å². The van der Waals surface area contributed by atoms with Crippen LogP contribution in [-0.2, 0) is 14.8 Å². The van der Waals surface area contributed by atoms with E-state index in [9.17, 15) is 8.42 Å². The molecule has 1 saturated heterocycles. The van der Waals surface area contributed by atoms with Crippen LogP contribution in [0.2, 0.25) is 0 Å². The largest absolute Gasteiger partial charge is 0.381 e. The maximum absolute atomic E-state index is 12.2. The van der Waals surface area contributed by atoms with Gasteiger partial charge in [-0.25, -0.2) is 13.1 Å². The van der Waals surface area contributed by atoms with Crippen LogP contribution in [-0.4, -0.2) is 39.2 Å². The molecular formula is C16H25NO3S2. The number of rotatable bonds is 7. The fourth-order valence-corrected chi connectivity index (χ4v) is 4.60. The number of sulfonamides is 1. The molecule has 22 heavy (non-hydrogen) atoms. The molecule has 1 heterocycles. The molecule has 0 aromatic heterocycles. The summed E-state index contributed by atoms with van der Waals surface area (Å²) in [6, 6.07) is 7.14. The van der Waals surface area contributed by atoms with Crippen molar-refractivity contribution in [3.05, 3.63) is 29.8 Å². The molecule has 0 unspecified atom stereocenters. The van der Waals surface area contributed by atoms with Gasteiger partial charge >= 0.3 is 0 Å². The number of hydrogen-bond donors (Lipinski definition) is 1. The van der Waals surface area contributed by atoms with Gasteiger partial charge < -0.3 is 4.74 Å². The van der Waals surface area contributed by atoms with Crippen LogP contribution < -0.4 is 4.72 Å². The zero-order valence-electron chi connectivity index (χ0n) is 13.2. The van der Waals surface area contributed by atoms with Crippen molar-refractivity contribution in [3.8, 4) is 0 Å². The minimum atomic E-state index is -3.39. The molecule has 1 aromatic rings. The van der Waals surface area contributed by atoms with Crippen LogP contribution in [0.25, 0.3) is 0 Å². The van der Waals surface area contributed by atoms with Gasteiger partial charge in [-0.05, 0) is 36.5 Å². The van der Waals surface area contributed by atoms with E-state index >= 15 is 0 Å². The van der Waals surface area contributed by atoms with Crippen LogP contribution in [0.15, 0.2) is 29.2 Å². The Labute approximate surface area is 138 Å². The summed E-state index contributed by atoms with van der Waals surface area (Å²) >= 11 is 1.83. The molecule has 1 aromatic carbocycles. The highest BCUT2D eigenvalue weighted by molar-refractivity contribution is 8.00. The monoisotopic (exact) mass is 343 g/mol. The van der Waals surface area contributed by atoms with Crippen molar-refractivity contribution in [2.45, 2.75) is 42.8 Å². The Kier molecular flexibility index (Phi) is 6.74. The number of thioether (sulfide) groups is 1. The molecule has 0 bridgehead atoms. The van der Waals surface area contributed by atoms with Gasteiger partial charge in [-0.2, -0.15) is 11.8 Å². The average molecular weight is 344 g/mol. The molecule has 1 aliphatic heterocycles. The Bertz CT molecular complexity index is 549. The molecule has 1 N–H and O–H groups in total. The Morgan fingerprint density at radius 3 is 2.45 bits per heavy atom. The second-order valence-corrected chi connectivity index (χ2v) is 8.98. The first-order chi connectivity index (χ1) is 10.5. The van der Waals surface area contributed by atoms with E-state index < -0.39 is 10.0 Å². The molecule has 0 amide bonds. The Morgan fingerprint density at radius 1 is 1.23 bits per heavy atom. The Morgan fingerprint density at radius 2 is 1.86 bits per heavy atom. The lowest BCUT2D eigenvalue weighted by Crippen LogP contribution is -2.27. The van der Waals surface area contributed by atoms with E-state index in [1.165, 1.54) is 0 Å². The van der Waals surface area contributed by atoms with E-state index in [0.29, 0.717) is 22.6 Å². The lowest BCUT2D eigenvalue weighted by Gasteiger charge is -2.21. The number of nitrogens with one attached hydrogen (secondary N) is 1. The smallest absolute Gasteiger partial charge is 0.240 e. The predicted molar refractivity (Wildman–Crippen MR) is 92.0 cm³/mol. The highest BCUT2D eigenvalue weighted by atomic mass is 32.2. The number of benzene rings is 1. The van der Waals surface area contributed by atoms with Crippen molar-refractivity contribution < 1.29 is 13.2 Å². The third-order valence-electron chi connectivity index (χ3n) is 3.77. The maximum atomic E-state index is 12.2. The van der Waals surface area contributed by atoms with Crippen LogP contribution >= 0.6 is 11.8 Å². The van der Waals surface area contributed by atoms with Crippen molar-refractivity contribution in [2.24, 2.45) is 0 Å². The summed E-state index contributed by atoms with van der Waals surface area (Å²) in [5, 5.41) is 0.601. The van der Waals surface area contributed by atoms with Crippen LogP contribution in [0.4, 0.5) is 0 Å². The Hall–Kier alpha value is -0.560. The van der Waals surface area contributed by atoms with Crippen molar-refractivity contribution in [3.63, 3.8) is 0 Å². The summed E-state index contributed by atoms with van der Waals surface area (Å²) in [5.74, 6) is 1.20. The van der Waals surface area contributed by atoms with Gasteiger partial charge in [0.05, 0.1) is 4.90 Å². The highest BCUT2D eigenvalue weighted by Crippen LogP contribution is 2.21. The molecule has 0 atom stereocenters. The van der Waals surface area contributed by atoms with E-state index in [1.807, 2.05) is 23.9 Å². The molecule has 0 aliphatic carbocycles. The maximum Gasteiger partial charge on any atom is 0.240 e. The van der Waals surface area contributed by atoms with Gasteiger partial charge in [-0.3, -0.25) is 0 Å². The van der Waals surface area contributed by atoms with Crippen molar-refractivity contribution in [2.75, 3.05) is 25.5 Å². The molecule has 124 valence electrons. The van der Waals surface area contributed by atoms with Crippen LogP contribution in [0.3, 0.4) is 0 Å². The molecule has 0 radical (unpaired) electrons. The van der Waals surface area contributed by atoms with Crippen LogP contribution in [0.1, 0.15) is 38.2 Å². The fraction of sp³-hybridized carbons (Fsp3) is 0.625. The first kappa shape index (κ1) is 17.8. The number of ether oxygens (including phenoxy) is 1. The van der Waals surface area contributed by atoms with Crippen molar-refractivity contribution >= 4 is 21.8 Å².